The normalized spacial score (nSPS) is 10.3. The third kappa shape index (κ3) is 3.45. The van der Waals surface area contributed by atoms with Gasteiger partial charge < -0.3 is 4.74 Å². The highest BCUT2D eigenvalue weighted by atomic mass is 35.5. The molecule has 0 spiro atoms. The molecule has 2 aromatic rings. The molecular formula is C14H11ClFNO3. The van der Waals surface area contributed by atoms with Crippen LogP contribution >= 0.6 is 11.6 Å². The van der Waals surface area contributed by atoms with Crippen molar-refractivity contribution in [3.63, 3.8) is 0 Å². The minimum atomic E-state index is -0.516. The Bertz CT molecular complexity index is 616. The number of ether oxygens (including phenoxy) is 1. The summed E-state index contributed by atoms with van der Waals surface area (Å²) in [7, 11) is 0. The van der Waals surface area contributed by atoms with Gasteiger partial charge in [0.2, 0.25) is 0 Å². The van der Waals surface area contributed by atoms with Gasteiger partial charge in [0.1, 0.15) is 12.4 Å². The van der Waals surface area contributed by atoms with Gasteiger partial charge in [-0.15, -0.1) is 11.6 Å². The highest BCUT2D eigenvalue weighted by Gasteiger charge is 2.15. The molecule has 0 aliphatic carbocycles. The van der Waals surface area contributed by atoms with E-state index in [2.05, 4.69) is 0 Å². The molecular weight excluding hydrogens is 285 g/mol. The lowest BCUT2D eigenvalue weighted by molar-refractivity contribution is -0.386. The molecule has 0 saturated heterocycles. The van der Waals surface area contributed by atoms with E-state index in [0.29, 0.717) is 0 Å². The molecule has 0 saturated carbocycles. The minimum Gasteiger partial charge on any atom is -0.482 e. The topological polar surface area (TPSA) is 52.4 Å². The molecule has 0 aromatic heterocycles. The molecule has 4 nitrogen and oxygen atoms in total. The number of hydrogen-bond acceptors (Lipinski definition) is 3. The fourth-order valence-electron chi connectivity index (χ4n) is 1.65. The zero-order valence-corrected chi connectivity index (χ0v) is 11.1. The van der Waals surface area contributed by atoms with Crippen molar-refractivity contribution in [1.29, 1.82) is 0 Å². The van der Waals surface area contributed by atoms with Crippen LogP contribution in [-0.2, 0) is 12.5 Å². The van der Waals surface area contributed by atoms with Crippen molar-refractivity contribution in [2.45, 2.75) is 12.5 Å². The van der Waals surface area contributed by atoms with Crippen LogP contribution < -0.4 is 4.74 Å². The quantitative estimate of drug-likeness (QED) is 0.475. The second-order valence-corrected chi connectivity index (χ2v) is 4.38. The van der Waals surface area contributed by atoms with Crippen molar-refractivity contribution >= 4 is 17.3 Å². The molecule has 0 heterocycles. The van der Waals surface area contributed by atoms with Crippen molar-refractivity contribution in [2.24, 2.45) is 0 Å². The maximum absolute atomic E-state index is 12.8. The number of alkyl halides is 1. The van der Waals surface area contributed by atoms with Crippen molar-refractivity contribution < 1.29 is 14.1 Å². The summed E-state index contributed by atoms with van der Waals surface area (Å²) in [5.41, 5.74) is 1.32. The van der Waals surface area contributed by atoms with Crippen molar-refractivity contribution in [3.05, 3.63) is 69.5 Å². The van der Waals surface area contributed by atoms with Crippen molar-refractivity contribution in [1.82, 2.24) is 0 Å². The van der Waals surface area contributed by atoms with Crippen molar-refractivity contribution in [2.75, 3.05) is 0 Å². The van der Waals surface area contributed by atoms with E-state index in [-0.39, 0.29) is 29.7 Å². The Balaban J connectivity index is 2.18. The molecule has 6 heteroatoms. The fraction of sp³-hybridized carbons (Fsp3) is 0.143. The van der Waals surface area contributed by atoms with E-state index in [4.69, 9.17) is 16.3 Å². The number of rotatable bonds is 5. The molecule has 2 rings (SSSR count). The van der Waals surface area contributed by atoms with Crippen LogP contribution in [0, 0.1) is 15.9 Å². The van der Waals surface area contributed by atoms with Gasteiger partial charge in [0.25, 0.3) is 0 Å². The Hall–Kier alpha value is -2.14. The zero-order chi connectivity index (χ0) is 14.5. The molecule has 2 aromatic carbocycles. The molecule has 0 N–H and O–H groups in total. The lowest BCUT2D eigenvalue weighted by Crippen LogP contribution is -2.00. The summed E-state index contributed by atoms with van der Waals surface area (Å²) in [6.07, 6.45) is 0. The molecule has 0 atom stereocenters. The van der Waals surface area contributed by atoms with Crippen LogP contribution in [0.3, 0.4) is 0 Å². The van der Waals surface area contributed by atoms with Gasteiger partial charge in [0, 0.05) is 11.9 Å². The molecule has 0 fully saturated rings. The minimum absolute atomic E-state index is 0.118. The summed E-state index contributed by atoms with van der Waals surface area (Å²) in [6.45, 7) is 0.118. The van der Waals surface area contributed by atoms with E-state index in [1.165, 1.54) is 24.3 Å². The second kappa shape index (κ2) is 6.34. The SMILES string of the molecule is O=[N+]([O-])c1ccc(CCl)cc1OCc1ccc(F)cc1. The number of nitro groups is 1. The first-order valence-electron chi connectivity index (χ1n) is 5.80. The molecule has 0 radical (unpaired) electrons. The maximum Gasteiger partial charge on any atom is 0.310 e. The first kappa shape index (κ1) is 14.3. The van der Waals surface area contributed by atoms with Gasteiger partial charge in [0.15, 0.2) is 5.75 Å². The number of nitrogens with zero attached hydrogens (tertiary/aromatic N) is 1. The van der Waals surface area contributed by atoms with Crippen LogP contribution in [0.25, 0.3) is 0 Å². The summed E-state index contributed by atoms with van der Waals surface area (Å²) < 4.78 is 18.2. The van der Waals surface area contributed by atoms with Gasteiger partial charge in [-0.1, -0.05) is 18.2 Å². The third-order valence-corrected chi connectivity index (χ3v) is 2.99. The first-order valence-corrected chi connectivity index (χ1v) is 6.34. The lowest BCUT2D eigenvalue weighted by Gasteiger charge is -2.08. The predicted molar refractivity (Wildman–Crippen MR) is 73.4 cm³/mol. The first-order chi connectivity index (χ1) is 9.60. The fourth-order valence-corrected chi connectivity index (χ4v) is 1.82. The smallest absolute Gasteiger partial charge is 0.310 e. The Labute approximate surface area is 119 Å². The summed E-state index contributed by atoms with van der Waals surface area (Å²) in [5.74, 6) is 0.0478. The number of nitro benzene ring substituents is 1. The van der Waals surface area contributed by atoms with Crippen LogP contribution in [0.5, 0.6) is 5.75 Å². The Kier molecular flexibility index (Phi) is 4.53. The zero-order valence-electron chi connectivity index (χ0n) is 10.4. The van der Waals surface area contributed by atoms with Gasteiger partial charge in [-0.05, 0) is 29.3 Å². The van der Waals surface area contributed by atoms with E-state index < -0.39 is 4.92 Å². The van der Waals surface area contributed by atoms with Crippen molar-refractivity contribution in [3.8, 4) is 5.75 Å². The third-order valence-electron chi connectivity index (χ3n) is 2.68. The largest absolute Gasteiger partial charge is 0.482 e. The Morgan fingerprint density at radius 2 is 1.80 bits per heavy atom. The summed E-state index contributed by atoms with van der Waals surface area (Å²) >= 11 is 5.70. The molecule has 0 bridgehead atoms. The highest BCUT2D eigenvalue weighted by Crippen LogP contribution is 2.29. The van der Waals surface area contributed by atoms with Crippen LogP contribution in [-0.4, -0.2) is 4.92 Å². The monoisotopic (exact) mass is 295 g/mol. The number of benzene rings is 2. The van der Waals surface area contributed by atoms with E-state index >= 15 is 0 Å². The molecule has 0 aliphatic heterocycles. The van der Waals surface area contributed by atoms with Gasteiger partial charge in [-0.3, -0.25) is 10.1 Å². The summed E-state index contributed by atoms with van der Waals surface area (Å²) in [4.78, 5) is 10.4. The van der Waals surface area contributed by atoms with E-state index in [9.17, 15) is 14.5 Å². The van der Waals surface area contributed by atoms with E-state index in [0.717, 1.165) is 11.1 Å². The average molecular weight is 296 g/mol. The predicted octanol–water partition coefficient (Wildman–Crippen LogP) is 4.05. The molecule has 0 unspecified atom stereocenters. The van der Waals surface area contributed by atoms with Crippen LogP contribution in [0.1, 0.15) is 11.1 Å². The number of halogens is 2. The molecule has 0 aliphatic rings. The summed E-state index contributed by atoms with van der Waals surface area (Å²) in [5, 5.41) is 10.9. The van der Waals surface area contributed by atoms with Gasteiger partial charge >= 0.3 is 5.69 Å². The van der Waals surface area contributed by atoms with Gasteiger partial charge in [0.05, 0.1) is 4.92 Å². The van der Waals surface area contributed by atoms with Crippen LogP contribution in [0.4, 0.5) is 10.1 Å². The van der Waals surface area contributed by atoms with E-state index in [1.807, 2.05) is 0 Å². The molecule has 104 valence electrons. The van der Waals surface area contributed by atoms with Gasteiger partial charge in [-0.25, -0.2) is 4.39 Å². The molecule has 20 heavy (non-hydrogen) atoms. The Morgan fingerprint density at radius 1 is 1.15 bits per heavy atom. The molecule has 0 amide bonds. The van der Waals surface area contributed by atoms with Crippen LogP contribution in [0.15, 0.2) is 42.5 Å². The van der Waals surface area contributed by atoms with Crippen LogP contribution in [0.2, 0.25) is 0 Å². The van der Waals surface area contributed by atoms with Gasteiger partial charge in [-0.2, -0.15) is 0 Å². The standard InChI is InChI=1S/C14H11ClFNO3/c15-8-11-3-6-13(17(18)19)14(7-11)20-9-10-1-4-12(16)5-2-10/h1-7H,8-9H2. The average Bonchev–Trinajstić information content (AvgIpc) is 2.46. The van der Waals surface area contributed by atoms with E-state index in [1.54, 1.807) is 18.2 Å². The number of hydrogen-bond donors (Lipinski definition) is 0. The lowest BCUT2D eigenvalue weighted by atomic mass is 10.2. The highest BCUT2D eigenvalue weighted by molar-refractivity contribution is 6.17. The summed E-state index contributed by atoms with van der Waals surface area (Å²) in [6, 6.07) is 10.2. The second-order valence-electron chi connectivity index (χ2n) is 4.11. The Morgan fingerprint density at radius 3 is 2.40 bits per heavy atom. The maximum atomic E-state index is 12.8.